The highest BCUT2D eigenvalue weighted by molar-refractivity contribution is 5.98. The summed E-state index contributed by atoms with van der Waals surface area (Å²) in [6.07, 6.45) is 4.68. The van der Waals surface area contributed by atoms with Gasteiger partial charge in [0.05, 0.1) is 6.42 Å². The van der Waals surface area contributed by atoms with Gasteiger partial charge in [-0.2, -0.15) is 0 Å². The summed E-state index contributed by atoms with van der Waals surface area (Å²) in [5.74, 6) is -0.222. The topological polar surface area (TPSA) is 87.7 Å². The Morgan fingerprint density at radius 1 is 1.60 bits per heavy atom. The minimum atomic E-state index is -0.173. The third kappa shape index (κ3) is 3.77. The number of oxime groups is 1. The van der Waals surface area contributed by atoms with Gasteiger partial charge in [0.25, 0.3) is 0 Å². The van der Waals surface area contributed by atoms with Crippen molar-refractivity contribution < 1.29 is 10.0 Å². The lowest BCUT2D eigenvalue weighted by Gasteiger charge is -2.14. The van der Waals surface area contributed by atoms with Gasteiger partial charge in [0.1, 0.15) is 5.84 Å². The van der Waals surface area contributed by atoms with Gasteiger partial charge in [-0.05, 0) is 24.7 Å². The van der Waals surface area contributed by atoms with Gasteiger partial charge < -0.3 is 16.3 Å². The van der Waals surface area contributed by atoms with E-state index in [1.807, 2.05) is 0 Å². The maximum Gasteiger partial charge on any atom is 0.227 e. The van der Waals surface area contributed by atoms with Crippen molar-refractivity contribution in [3.63, 3.8) is 0 Å². The maximum atomic E-state index is 11.3. The summed E-state index contributed by atoms with van der Waals surface area (Å²) in [6.45, 7) is 2.87. The molecule has 1 fully saturated rings. The molecule has 0 heterocycles. The van der Waals surface area contributed by atoms with E-state index in [4.69, 9.17) is 10.9 Å². The molecule has 1 amide bonds. The Morgan fingerprint density at radius 3 is 2.73 bits per heavy atom. The second kappa shape index (κ2) is 5.00. The van der Waals surface area contributed by atoms with Crippen molar-refractivity contribution in [2.75, 3.05) is 6.54 Å². The van der Waals surface area contributed by atoms with Gasteiger partial charge in [-0.1, -0.05) is 18.5 Å². The number of nitrogens with two attached hydrogens (primary N) is 1. The van der Waals surface area contributed by atoms with E-state index in [2.05, 4.69) is 17.4 Å². The fourth-order valence-electron chi connectivity index (χ4n) is 1.77. The van der Waals surface area contributed by atoms with Crippen LogP contribution in [-0.4, -0.2) is 23.5 Å². The third-order valence-corrected chi connectivity index (χ3v) is 2.87. The Kier molecular flexibility index (Phi) is 3.94. The smallest absolute Gasteiger partial charge is 0.227 e. The Bertz CT molecular complexity index is 259. The van der Waals surface area contributed by atoms with Gasteiger partial charge in [0.2, 0.25) is 5.91 Å². The van der Waals surface area contributed by atoms with E-state index >= 15 is 0 Å². The molecule has 86 valence electrons. The number of amides is 1. The lowest BCUT2D eigenvalue weighted by molar-refractivity contribution is -0.120. The molecule has 0 aliphatic heterocycles. The standard InChI is InChI=1S/C10H19N3O2/c1-2-3-10(4-5-10)7-12-9(14)6-8(11)13-15/h15H,2-7H2,1H3,(H2,11,13)(H,12,14). The molecule has 0 bridgehead atoms. The third-order valence-electron chi connectivity index (χ3n) is 2.87. The van der Waals surface area contributed by atoms with Crippen LogP contribution in [0, 0.1) is 5.41 Å². The molecular weight excluding hydrogens is 194 g/mol. The first-order valence-corrected chi connectivity index (χ1v) is 5.35. The van der Waals surface area contributed by atoms with Crippen molar-refractivity contribution in [3.8, 4) is 0 Å². The summed E-state index contributed by atoms with van der Waals surface area (Å²) in [5, 5.41) is 13.9. The van der Waals surface area contributed by atoms with E-state index in [0.29, 0.717) is 5.41 Å². The maximum absolute atomic E-state index is 11.3. The lowest BCUT2D eigenvalue weighted by Crippen LogP contribution is -2.33. The van der Waals surface area contributed by atoms with Crippen molar-refractivity contribution >= 4 is 11.7 Å². The van der Waals surface area contributed by atoms with Crippen LogP contribution in [0.4, 0.5) is 0 Å². The van der Waals surface area contributed by atoms with Crippen LogP contribution in [0.3, 0.4) is 0 Å². The molecule has 4 N–H and O–H groups in total. The molecule has 5 nitrogen and oxygen atoms in total. The van der Waals surface area contributed by atoms with Crippen LogP contribution in [0.25, 0.3) is 0 Å². The second-order valence-electron chi connectivity index (χ2n) is 4.29. The van der Waals surface area contributed by atoms with Crippen LogP contribution in [-0.2, 0) is 4.79 Å². The van der Waals surface area contributed by atoms with E-state index < -0.39 is 0 Å². The molecule has 1 rings (SSSR count). The normalized spacial score (nSPS) is 18.6. The largest absolute Gasteiger partial charge is 0.409 e. The van der Waals surface area contributed by atoms with E-state index in [1.165, 1.54) is 12.8 Å². The van der Waals surface area contributed by atoms with Crippen LogP contribution in [0.5, 0.6) is 0 Å². The van der Waals surface area contributed by atoms with Crippen molar-refractivity contribution in [2.24, 2.45) is 16.3 Å². The Labute approximate surface area is 89.7 Å². The minimum absolute atomic E-state index is 0.0291. The van der Waals surface area contributed by atoms with Gasteiger partial charge in [-0.15, -0.1) is 0 Å². The molecule has 0 aromatic carbocycles. The summed E-state index contributed by atoms with van der Waals surface area (Å²) < 4.78 is 0. The van der Waals surface area contributed by atoms with E-state index in [9.17, 15) is 4.79 Å². The molecule has 1 aliphatic carbocycles. The summed E-state index contributed by atoms with van der Waals surface area (Å²) in [4.78, 5) is 11.3. The van der Waals surface area contributed by atoms with E-state index in [0.717, 1.165) is 19.4 Å². The summed E-state index contributed by atoms with van der Waals surface area (Å²) in [7, 11) is 0. The van der Waals surface area contributed by atoms with Crippen molar-refractivity contribution in [1.29, 1.82) is 0 Å². The molecule has 0 atom stereocenters. The molecule has 1 aliphatic rings. The number of nitrogens with one attached hydrogen (secondary N) is 1. The highest BCUT2D eigenvalue weighted by Crippen LogP contribution is 2.48. The number of rotatable bonds is 6. The number of carbonyl (C=O) groups excluding carboxylic acids is 1. The van der Waals surface area contributed by atoms with Crippen LogP contribution in [0.2, 0.25) is 0 Å². The zero-order valence-corrected chi connectivity index (χ0v) is 9.12. The summed E-state index contributed by atoms with van der Waals surface area (Å²) >= 11 is 0. The molecule has 15 heavy (non-hydrogen) atoms. The van der Waals surface area contributed by atoms with Gasteiger partial charge in [0, 0.05) is 6.54 Å². The number of carbonyl (C=O) groups is 1. The fraction of sp³-hybridized carbons (Fsp3) is 0.800. The van der Waals surface area contributed by atoms with Gasteiger partial charge in [-0.3, -0.25) is 4.79 Å². The average molecular weight is 213 g/mol. The van der Waals surface area contributed by atoms with Crippen molar-refractivity contribution in [3.05, 3.63) is 0 Å². The molecule has 0 aromatic heterocycles. The second-order valence-corrected chi connectivity index (χ2v) is 4.29. The molecule has 0 spiro atoms. The zero-order chi connectivity index (χ0) is 11.3. The first-order valence-electron chi connectivity index (χ1n) is 5.35. The lowest BCUT2D eigenvalue weighted by atomic mass is 10.0. The summed E-state index contributed by atoms with van der Waals surface area (Å²) in [6, 6.07) is 0. The Balaban J connectivity index is 2.22. The monoisotopic (exact) mass is 213 g/mol. The number of hydrogen-bond donors (Lipinski definition) is 3. The summed E-state index contributed by atoms with van der Waals surface area (Å²) in [5.41, 5.74) is 5.57. The van der Waals surface area contributed by atoms with Gasteiger partial charge in [-0.25, -0.2) is 0 Å². The molecule has 0 aromatic rings. The molecule has 0 saturated heterocycles. The predicted molar refractivity (Wildman–Crippen MR) is 57.6 cm³/mol. The molecule has 5 heteroatoms. The van der Waals surface area contributed by atoms with Gasteiger partial charge >= 0.3 is 0 Å². The SMILES string of the molecule is CCCC1(CNC(=O)CC(N)=NO)CC1. The quantitative estimate of drug-likeness (QED) is 0.264. The van der Waals surface area contributed by atoms with E-state index in [-0.39, 0.29) is 18.2 Å². The van der Waals surface area contributed by atoms with Crippen molar-refractivity contribution in [2.45, 2.75) is 39.0 Å². The molecule has 0 radical (unpaired) electrons. The average Bonchev–Trinajstić information content (AvgIpc) is 2.96. The Morgan fingerprint density at radius 2 is 2.27 bits per heavy atom. The zero-order valence-electron chi connectivity index (χ0n) is 9.12. The fourth-order valence-corrected chi connectivity index (χ4v) is 1.77. The van der Waals surface area contributed by atoms with Crippen LogP contribution in [0.1, 0.15) is 39.0 Å². The van der Waals surface area contributed by atoms with Gasteiger partial charge in [0.15, 0.2) is 0 Å². The molecular formula is C10H19N3O2. The van der Waals surface area contributed by atoms with E-state index in [1.54, 1.807) is 0 Å². The highest BCUT2D eigenvalue weighted by Gasteiger charge is 2.41. The number of amidine groups is 1. The van der Waals surface area contributed by atoms with Crippen molar-refractivity contribution in [1.82, 2.24) is 5.32 Å². The predicted octanol–water partition coefficient (Wildman–Crippen LogP) is 0.819. The molecule has 1 saturated carbocycles. The first-order chi connectivity index (χ1) is 7.12. The highest BCUT2D eigenvalue weighted by atomic mass is 16.4. The first kappa shape index (κ1) is 11.8. The number of nitrogens with zero attached hydrogens (tertiary/aromatic N) is 1. The van der Waals surface area contributed by atoms with Crippen LogP contribution < -0.4 is 11.1 Å². The Hall–Kier alpha value is -1.26. The number of hydrogen-bond acceptors (Lipinski definition) is 3. The van der Waals surface area contributed by atoms with Crippen LogP contribution in [0.15, 0.2) is 5.16 Å². The van der Waals surface area contributed by atoms with Crippen LogP contribution >= 0.6 is 0 Å². The molecule has 0 unspecified atom stereocenters. The minimum Gasteiger partial charge on any atom is -0.409 e.